The summed E-state index contributed by atoms with van der Waals surface area (Å²) in [5.74, 6) is 0.256. The smallest absolute Gasteiger partial charge is 0.237 e. The minimum Gasteiger partial charge on any atom is -0.486 e. The molecule has 0 unspecified atom stereocenters. The number of hydrogen-bond donors (Lipinski definition) is 1. The third kappa shape index (κ3) is 5.70. The minimum absolute atomic E-state index is 0.148. The van der Waals surface area contributed by atoms with Crippen molar-refractivity contribution < 1.29 is 17.9 Å². The Balaban J connectivity index is 1.93. The fourth-order valence-corrected chi connectivity index (χ4v) is 4.48. The Kier molecular flexibility index (Phi) is 7.25. The number of benzene rings is 3. The number of aryl methyl sites for hydroxylation is 1. The van der Waals surface area contributed by atoms with E-state index in [1.807, 2.05) is 49.4 Å². The Bertz CT molecular complexity index is 1080. The van der Waals surface area contributed by atoms with E-state index in [2.05, 4.69) is 4.72 Å². The van der Waals surface area contributed by atoms with Crippen LogP contribution in [0.4, 0.5) is 5.69 Å². The number of nitrogens with one attached hydrogen (secondary N) is 1. The van der Waals surface area contributed by atoms with Crippen molar-refractivity contribution in [2.75, 3.05) is 4.72 Å². The van der Waals surface area contributed by atoms with E-state index < -0.39 is 10.0 Å². The second kappa shape index (κ2) is 10.1. The summed E-state index contributed by atoms with van der Waals surface area (Å²) in [6.45, 7) is 2.26. The molecule has 0 heterocycles. The fraction of sp³-hybridized carbons (Fsp3) is 0.208. The van der Waals surface area contributed by atoms with Crippen LogP contribution in [-0.2, 0) is 40.0 Å². The first kappa shape index (κ1) is 21.6. The first-order valence-electron chi connectivity index (χ1n) is 9.82. The topological polar surface area (TPSA) is 72.5 Å². The summed E-state index contributed by atoms with van der Waals surface area (Å²) < 4.78 is 34.3. The summed E-state index contributed by atoms with van der Waals surface area (Å²) in [7, 11) is -3.66. The van der Waals surface area contributed by atoms with Gasteiger partial charge in [-0.25, -0.2) is 8.42 Å². The van der Waals surface area contributed by atoms with Gasteiger partial charge in [-0.05, 0) is 29.2 Å². The molecule has 0 spiro atoms. The quantitative estimate of drug-likeness (QED) is 0.487. The van der Waals surface area contributed by atoms with Crippen LogP contribution in [0.3, 0.4) is 0 Å². The summed E-state index contributed by atoms with van der Waals surface area (Å²) in [4.78, 5) is 11.3. The highest BCUT2D eigenvalue weighted by Gasteiger charge is 2.19. The fourth-order valence-electron chi connectivity index (χ4n) is 3.28. The molecule has 0 saturated heterocycles. The van der Waals surface area contributed by atoms with E-state index in [1.165, 1.54) is 0 Å². The third-order valence-corrected chi connectivity index (χ3v) is 5.96. The van der Waals surface area contributed by atoms with E-state index in [4.69, 9.17) is 4.74 Å². The molecule has 0 aliphatic heterocycles. The summed E-state index contributed by atoms with van der Waals surface area (Å²) in [6, 6.07) is 22.1. The predicted molar refractivity (Wildman–Crippen MR) is 119 cm³/mol. The van der Waals surface area contributed by atoms with Gasteiger partial charge in [-0.3, -0.25) is 4.72 Å². The molecule has 0 saturated carbocycles. The normalized spacial score (nSPS) is 11.1. The van der Waals surface area contributed by atoms with Crippen molar-refractivity contribution in [1.29, 1.82) is 0 Å². The largest absolute Gasteiger partial charge is 0.486 e. The lowest BCUT2D eigenvalue weighted by molar-refractivity contribution is -0.107. The Morgan fingerprint density at radius 1 is 0.900 bits per heavy atom. The molecule has 0 aliphatic rings. The summed E-state index contributed by atoms with van der Waals surface area (Å²) in [5.41, 5.74) is 3.65. The molecule has 3 rings (SSSR count). The third-order valence-electron chi connectivity index (χ3n) is 4.72. The maximum atomic E-state index is 12.8. The highest BCUT2D eigenvalue weighted by molar-refractivity contribution is 7.91. The molecule has 0 aliphatic carbocycles. The highest BCUT2D eigenvalue weighted by Crippen LogP contribution is 2.34. The number of rotatable bonds is 10. The lowest BCUT2D eigenvalue weighted by atomic mass is 10.0. The molecule has 156 valence electrons. The highest BCUT2D eigenvalue weighted by atomic mass is 32.2. The molecule has 6 heteroatoms. The zero-order valence-corrected chi connectivity index (χ0v) is 17.7. The van der Waals surface area contributed by atoms with Crippen molar-refractivity contribution in [2.45, 2.75) is 32.1 Å². The maximum absolute atomic E-state index is 12.8. The van der Waals surface area contributed by atoms with Gasteiger partial charge in [0.2, 0.25) is 10.0 Å². The molecule has 1 N–H and O–H groups in total. The van der Waals surface area contributed by atoms with E-state index in [0.717, 1.165) is 17.4 Å². The van der Waals surface area contributed by atoms with Crippen molar-refractivity contribution in [3.8, 4) is 5.75 Å². The molecule has 5 nitrogen and oxygen atoms in total. The molecular formula is C24H25NO4S. The zero-order valence-electron chi connectivity index (χ0n) is 16.9. The lowest BCUT2D eigenvalue weighted by Crippen LogP contribution is -2.17. The van der Waals surface area contributed by atoms with Gasteiger partial charge in [0.1, 0.15) is 18.6 Å². The number of aldehydes is 1. The predicted octanol–water partition coefficient (Wildman–Crippen LogP) is 4.51. The van der Waals surface area contributed by atoms with Gasteiger partial charge in [0, 0.05) is 12.0 Å². The number of carbonyl (C=O) groups is 1. The molecule has 30 heavy (non-hydrogen) atoms. The van der Waals surface area contributed by atoms with Gasteiger partial charge in [0.05, 0.1) is 11.4 Å². The molecule has 3 aromatic rings. The monoisotopic (exact) mass is 423 g/mol. The zero-order chi connectivity index (χ0) is 21.4. The van der Waals surface area contributed by atoms with Crippen LogP contribution in [-0.4, -0.2) is 14.7 Å². The van der Waals surface area contributed by atoms with Crippen molar-refractivity contribution in [2.24, 2.45) is 0 Å². The van der Waals surface area contributed by atoms with E-state index in [-0.39, 0.29) is 18.8 Å². The molecule has 0 aromatic heterocycles. The minimum atomic E-state index is -3.66. The second-order valence-corrected chi connectivity index (χ2v) is 8.65. The van der Waals surface area contributed by atoms with E-state index in [1.54, 1.807) is 30.3 Å². The van der Waals surface area contributed by atoms with Gasteiger partial charge in [-0.2, -0.15) is 0 Å². The molecule has 0 radical (unpaired) electrons. The number of ether oxygens (including phenoxy) is 1. The van der Waals surface area contributed by atoms with Crippen LogP contribution in [0.2, 0.25) is 0 Å². The lowest BCUT2D eigenvalue weighted by Gasteiger charge is -2.19. The van der Waals surface area contributed by atoms with Crippen LogP contribution in [0.15, 0.2) is 72.8 Å². The molecule has 0 fully saturated rings. The molecule has 3 aromatic carbocycles. The van der Waals surface area contributed by atoms with Gasteiger partial charge in [0.25, 0.3) is 0 Å². The first-order chi connectivity index (χ1) is 14.5. The van der Waals surface area contributed by atoms with E-state index in [0.29, 0.717) is 29.0 Å². The molecular weight excluding hydrogens is 398 g/mol. The number of anilines is 1. The Morgan fingerprint density at radius 3 is 2.13 bits per heavy atom. The summed E-state index contributed by atoms with van der Waals surface area (Å²) >= 11 is 0. The van der Waals surface area contributed by atoms with Gasteiger partial charge in [-0.15, -0.1) is 0 Å². The Labute approximate surface area is 177 Å². The summed E-state index contributed by atoms with van der Waals surface area (Å²) in [6.07, 6.45) is 1.68. The Hall–Kier alpha value is -3.12. The van der Waals surface area contributed by atoms with Crippen molar-refractivity contribution in [3.05, 3.63) is 95.1 Å². The first-order valence-corrected chi connectivity index (χ1v) is 11.5. The van der Waals surface area contributed by atoms with Crippen LogP contribution < -0.4 is 9.46 Å². The van der Waals surface area contributed by atoms with Gasteiger partial charge >= 0.3 is 0 Å². The van der Waals surface area contributed by atoms with Crippen LogP contribution in [0, 0.1) is 0 Å². The SMILES string of the molecule is CCc1ccc(NS(=O)(=O)Cc2ccccc2)c(OCc2ccccc2)c1CC=O. The number of hydrogen-bond acceptors (Lipinski definition) is 4. The van der Waals surface area contributed by atoms with Crippen LogP contribution in [0.5, 0.6) is 5.75 Å². The standard InChI is InChI=1S/C24H25NO4S/c1-2-21-13-14-23(25-30(27,28)18-20-11-7-4-8-12-20)24(22(21)15-16-26)29-17-19-9-5-3-6-10-19/h3-14,16,25H,2,15,17-18H2,1H3. The second-order valence-electron chi connectivity index (χ2n) is 6.93. The Morgan fingerprint density at radius 2 is 1.53 bits per heavy atom. The number of carbonyl (C=O) groups excluding carboxylic acids is 1. The molecule has 0 bridgehead atoms. The van der Waals surface area contributed by atoms with Crippen molar-refractivity contribution >= 4 is 22.0 Å². The van der Waals surface area contributed by atoms with E-state index in [9.17, 15) is 13.2 Å². The average molecular weight is 424 g/mol. The van der Waals surface area contributed by atoms with Crippen LogP contribution in [0.25, 0.3) is 0 Å². The summed E-state index contributed by atoms with van der Waals surface area (Å²) in [5, 5.41) is 0. The average Bonchev–Trinajstić information content (AvgIpc) is 2.74. The van der Waals surface area contributed by atoms with Gasteiger partial charge < -0.3 is 9.53 Å². The van der Waals surface area contributed by atoms with Crippen LogP contribution in [0.1, 0.15) is 29.2 Å². The van der Waals surface area contributed by atoms with Gasteiger partial charge in [-0.1, -0.05) is 73.7 Å². The molecule has 0 amide bonds. The number of sulfonamides is 1. The van der Waals surface area contributed by atoms with Crippen LogP contribution >= 0.6 is 0 Å². The van der Waals surface area contributed by atoms with Crippen molar-refractivity contribution in [3.63, 3.8) is 0 Å². The van der Waals surface area contributed by atoms with Gasteiger partial charge in [0.15, 0.2) is 0 Å². The maximum Gasteiger partial charge on any atom is 0.237 e. The van der Waals surface area contributed by atoms with E-state index >= 15 is 0 Å². The molecule has 0 atom stereocenters. The van der Waals surface area contributed by atoms with Crippen molar-refractivity contribution in [1.82, 2.24) is 0 Å².